The van der Waals surface area contributed by atoms with E-state index in [1.807, 2.05) is 6.07 Å². The van der Waals surface area contributed by atoms with E-state index < -0.39 is 0 Å². The average Bonchev–Trinajstić information content (AvgIpc) is 2.81. The van der Waals surface area contributed by atoms with Crippen LogP contribution in [0, 0.1) is 0 Å². The minimum atomic E-state index is 0.221. The fraction of sp³-hybridized carbons (Fsp3) is 0.542. The molecule has 8 nitrogen and oxygen atoms in total. The van der Waals surface area contributed by atoms with E-state index in [0.717, 1.165) is 57.1 Å². The summed E-state index contributed by atoms with van der Waals surface area (Å²) in [5.41, 5.74) is 4.43. The maximum absolute atomic E-state index is 9.41. The second kappa shape index (κ2) is 12.9. The number of phenolic OH excluding ortho intramolecular Hbond substituents is 1. The number of hydrogen-bond acceptors (Lipinski definition) is 8. The zero-order valence-electron chi connectivity index (χ0n) is 19.3. The van der Waals surface area contributed by atoms with E-state index in [1.165, 1.54) is 19.3 Å². The van der Waals surface area contributed by atoms with Crippen LogP contribution in [-0.2, 0) is 0 Å². The van der Waals surface area contributed by atoms with Gasteiger partial charge in [-0.05, 0) is 63.0 Å². The highest BCUT2D eigenvalue weighted by molar-refractivity contribution is 5.79. The molecule has 0 saturated carbocycles. The van der Waals surface area contributed by atoms with Gasteiger partial charge in [0.1, 0.15) is 18.2 Å². The standard InChI is InChI=1S/C24H36N6O2/c1-3-12-30(13-4-2)23-18-21(19-25-28-20-8-10-22(31)11-9-20)26-24(27-23)32-17-16-29-14-6-5-7-15-29/h8-11,18-19,28,31H,3-7,12-17H2,1-2H3/b25-19+. The summed E-state index contributed by atoms with van der Waals surface area (Å²) in [7, 11) is 0. The molecule has 0 radical (unpaired) electrons. The van der Waals surface area contributed by atoms with Crippen molar-refractivity contribution in [2.75, 3.05) is 49.7 Å². The molecule has 1 aliphatic heterocycles. The van der Waals surface area contributed by atoms with E-state index >= 15 is 0 Å². The number of nitrogens with one attached hydrogen (secondary N) is 1. The summed E-state index contributed by atoms with van der Waals surface area (Å²) in [4.78, 5) is 14.0. The van der Waals surface area contributed by atoms with Gasteiger partial charge in [-0.15, -0.1) is 0 Å². The Morgan fingerprint density at radius 3 is 2.50 bits per heavy atom. The van der Waals surface area contributed by atoms with Crippen LogP contribution in [0.2, 0.25) is 0 Å². The molecule has 0 atom stereocenters. The second-order valence-corrected chi connectivity index (χ2v) is 8.09. The van der Waals surface area contributed by atoms with Crippen LogP contribution in [0.15, 0.2) is 35.4 Å². The Balaban J connectivity index is 1.70. The number of aromatic nitrogens is 2. The molecule has 2 aromatic rings. The smallest absolute Gasteiger partial charge is 0.319 e. The molecule has 1 aromatic carbocycles. The first-order chi connectivity index (χ1) is 15.7. The highest BCUT2D eigenvalue weighted by Gasteiger charge is 2.13. The molecule has 0 aliphatic carbocycles. The number of phenols is 1. The van der Waals surface area contributed by atoms with Crippen LogP contribution in [0.25, 0.3) is 0 Å². The summed E-state index contributed by atoms with van der Waals surface area (Å²) in [6.45, 7) is 9.96. The number of ether oxygens (including phenoxy) is 1. The lowest BCUT2D eigenvalue weighted by Gasteiger charge is -2.26. The van der Waals surface area contributed by atoms with E-state index in [4.69, 9.17) is 9.72 Å². The fourth-order valence-electron chi connectivity index (χ4n) is 3.76. The molecular weight excluding hydrogens is 404 g/mol. The van der Waals surface area contributed by atoms with Crippen molar-refractivity contribution >= 4 is 17.7 Å². The molecule has 3 rings (SSSR count). The van der Waals surface area contributed by atoms with Crippen LogP contribution < -0.4 is 15.1 Å². The lowest BCUT2D eigenvalue weighted by Crippen LogP contribution is -2.33. The monoisotopic (exact) mass is 440 g/mol. The van der Waals surface area contributed by atoms with Gasteiger partial charge in [-0.2, -0.15) is 15.1 Å². The molecule has 32 heavy (non-hydrogen) atoms. The number of anilines is 2. The molecule has 174 valence electrons. The molecule has 2 N–H and O–H groups in total. The van der Waals surface area contributed by atoms with Crippen molar-refractivity contribution < 1.29 is 9.84 Å². The SMILES string of the molecule is CCCN(CCC)c1cc(/C=N/Nc2ccc(O)cc2)nc(OCCN2CCCCC2)n1. The summed E-state index contributed by atoms with van der Waals surface area (Å²) >= 11 is 0. The molecule has 2 heterocycles. The normalized spacial score (nSPS) is 14.6. The molecule has 0 unspecified atom stereocenters. The number of nitrogens with zero attached hydrogens (tertiary/aromatic N) is 5. The van der Waals surface area contributed by atoms with Gasteiger partial charge < -0.3 is 14.7 Å². The third kappa shape index (κ3) is 7.67. The van der Waals surface area contributed by atoms with E-state index in [9.17, 15) is 5.11 Å². The van der Waals surface area contributed by atoms with Gasteiger partial charge in [0.2, 0.25) is 0 Å². The van der Waals surface area contributed by atoms with Crippen LogP contribution in [0.4, 0.5) is 11.5 Å². The average molecular weight is 441 g/mol. The summed E-state index contributed by atoms with van der Waals surface area (Å²) in [5.74, 6) is 1.08. The number of hydrazone groups is 1. The van der Waals surface area contributed by atoms with Crippen LogP contribution in [0.1, 0.15) is 51.6 Å². The van der Waals surface area contributed by atoms with E-state index in [-0.39, 0.29) is 5.75 Å². The minimum absolute atomic E-state index is 0.221. The van der Waals surface area contributed by atoms with Gasteiger partial charge in [-0.3, -0.25) is 10.3 Å². The Bertz CT molecular complexity index is 831. The first-order valence-corrected chi connectivity index (χ1v) is 11.7. The van der Waals surface area contributed by atoms with Crippen LogP contribution >= 0.6 is 0 Å². The van der Waals surface area contributed by atoms with Gasteiger partial charge in [0.25, 0.3) is 0 Å². The molecule has 1 aromatic heterocycles. The molecule has 0 amide bonds. The summed E-state index contributed by atoms with van der Waals surface area (Å²) in [5, 5.41) is 13.7. The van der Waals surface area contributed by atoms with Crippen LogP contribution in [0.5, 0.6) is 11.8 Å². The second-order valence-electron chi connectivity index (χ2n) is 8.09. The highest BCUT2D eigenvalue weighted by atomic mass is 16.5. The van der Waals surface area contributed by atoms with Gasteiger partial charge in [0.15, 0.2) is 0 Å². The Morgan fingerprint density at radius 2 is 1.81 bits per heavy atom. The van der Waals surface area contributed by atoms with Crippen molar-refractivity contribution in [3.63, 3.8) is 0 Å². The van der Waals surface area contributed by atoms with Gasteiger partial charge >= 0.3 is 6.01 Å². The quantitative estimate of drug-likeness (QED) is 0.292. The molecule has 1 fully saturated rings. The molecular formula is C24H36N6O2. The predicted octanol–water partition coefficient (Wildman–Crippen LogP) is 4.12. The van der Waals surface area contributed by atoms with E-state index in [0.29, 0.717) is 18.3 Å². The first kappa shape index (κ1) is 23.8. The third-order valence-corrected chi connectivity index (χ3v) is 5.37. The number of benzene rings is 1. The lowest BCUT2D eigenvalue weighted by molar-refractivity contribution is 0.177. The van der Waals surface area contributed by atoms with Crippen molar-refractivity contribution in [2.45, 2.75) is 46.0 Å². The fourth-order valence-corrected chi connectivity index (χ4v) is 3.76. The van der Waals surface area contributed by atoms with Crippen molar-refractivity contribution in [1.29, 1.82) is 0 Å². The maximum Gasteiger partial charge on any atom is 0.319 e. The lowest BCUT2D eigenvalue weighted by atomic mass is 10.1. The maximum atomic E-state index is 9.41. The number of rotatable bonds is 12. The molecule has 1 aliphatic rings. The topological polar surface area (TPSA) is 86.1 Å². The molecule has 0 bridgehead atoms. The Labute approximate surface area is 191 Å². The van der Waals surface area contributed by atoms with Gasteiger partial charge in [-0.1, -0.05) is 20.3 Å². The van der Waals surface area contributed by atoms with Crippen molar-refractivity contribution in [3.8, 4) is 11.8 Å². The van der Waals surface area contributed by atoms with Crippen LogP contribution in [0.3, 0.4) is 0 Å². The van der Waals surface area contributed by atoms with Gasteiger partial charge in [0, 0.05) is 25.7 Å². The summed E-state index contributed by atoms with van der Waals surface area (Å²) in [6, 6.07) is 9.09. The Kier molecular flexibility index (Phi) is 9.56. The highest BCUT2D eigenvalue weighted by Crippen LogP contribution is 2.18. The number of likely N-dealkylation sites (tertiary alicyclic amines) is 1. The van der Waals surface area contributed by atoms with Gasteiger partial charge in [0.05, 0.1) is 17.6 Å². The summed E-state index contributed by atoms with van der Waals surface area (Å²) < 4.78 is 5.97. The number of hydrogen-bond donors (Lipinski definition) is 2. The van der Waals surface area contributed by atoms with E-state index in [2.05, 4.69) is 39.2 Å². The molecule has 0 spiro atoms. The molecule has 8 heteroatoms. The Morgan fingerprint density at radius 1 is 1.09 bits per heavy atom. The number of piperidine rings is 1. The predicted molar refractivity (Wildman–Crippen MR) is 130 cm³/mol. The van der Waals surface area contributed by atoms with E-state index in [1.54, 1.807) is 30.5 Å². The Hall–Kier alpha value is -2.87. The molecule has 1 saturated heterocycles. The third-order valence-electron chi connectivity index (χ3n) is 5.37. The van der Waals surface area contributed by atoms with Crippen LogP contribution in [-0.4, -0.2) is 65.5 Å². The zero-order valence-corrected chi connectivity index (χ0v) is 19.3. The minimum Gasteiger partial charge on any atom is -0.508 e. The van der Waals surface area contributed by atoms with Crippen molar-refractivity contribution in [1.82, 2.24) is 14.9 Å². The van der Waals surface area contributed by atoms with Gasteiger partial charge in [-0.25, -0.2) is 0 Å². The zero-order chi connectivity index (χ0) is 22.6. The summed E-state index contributed by atoms with van der Waals surface area (Å²) in [6.07, 6.45) is 7.62. The van der Waals surface area contributed by atoms with Crippen molar-refractivity contribution in [3.05, 3.63) is 36.0 Å². The first-order valence-electron chi connectivity index (χ1n) is 11.7. The largest absolute Gasteiger partial charge is 0.508 e. The number of aromatic hydroxyl groups is 1. The van der Waals surface area contributed by atoms with Crippen molar-refractivity contribution in [2.24, 2.45) is 5.10 Å².